The molecule has 0 fully saturated rings. The van der Waals surface area contributed by atoms with Crippen LogP contribution in [0.15, 0.2) is 112 Å². The largest absolute Gasteiger partial charge is 0.438 e. The molecular weight excluding hydrogens is 442 g/mol. The maximum absolute atomic E-state index is 9.53. The van der Waals surface area contributed by atoms with Gasteiger partial charge in [0.15, 0.2) is 0 Å². The van der Waals surface area contributed by atoms with E-state index >= 15 is 0 Å². The zero-order valence-electron chi connectivity index (χ0n) is 21.4. The number of nitrogens with zero attached hydrogens (tertiary/aromatic N) is 3. The molecule has 2 heterocycles. The van der Waals surface area contributed by atoms with Crippen LogP contribution in [0.4, 0.5) is 0 Å². The Morgan fingerprint density at radius 2 is 2.03 bits per heavy atom. The lowest BCUT2D eigenvalue weighted by molar-refractivity contribution is 0.418. The van der Waals surface area contributed by atoms with Crippen LogP contribution in [0.5, 0.6) is 5.75 Å². The highest BCUT2D eigenvalue weighted by Gasteiger charge is 2.13. The van der Waals surface area contributed by atoms with Crippen molar-refractivity contribution < 1.29 is 4.74 Å². The Bertz CT molecular complexity index is 1300. The van der Waals surface area contributed by atoms with E-state index in [2.05, 4.69) is 49.1 Å². The molecule has 0 aromatic heterocycles. The summed E-state index contributed by atoms with van der Waals surface area (Å²) in [6.07, 6.45) is 26.7. The van der Waals surface area contributed by atoms with E-state index in [1.807, 2.05) is 56.5 Å². The van der Waals surface area contributed by atoms with E-state index in [4.69, 9.17) is 14.7 Å². The fourth-order valence-electron chi connectivity index (χ4n) is 3.62. The molecule has 182 valence electrons. The Morgan fingerprint density at radius 3 is 2.83 bits per heavy atom. The normalized spacial score (nSPS) is 18.1. The molecule has 36 heavy (non-hydrogen) atoms. The van der Waals surface area contributed by atoms with Gasteiger partial charge in [-0.05, 0) is 75.5 Å². The SMILES string of the molecule is C/C=C/CCC1=C/C=C/C=C(\c2ccc(C#N)cc2OC2=CC(C/C=C/CC)=C=CCC(C)=N2)N=C1. The molecule has 0 aliphatic carbocycles. The quantitative estimate of drug-likeness (QED) is 0.266. The first-order valence-electron chi connectivity index (χ1n) is 12.4. The van der Waals surface area contributed by atoms with Crippen molar-refractivity contribution in [3.63, 3.8) is 0 Å². The second-order valence-corrected chi connectivity index (χ2v) is 8.46. The summed E-state index contributed by atoms with van der Waals surface area (Å²) in [5.41, 5.74) is 8.51. The predicted octanol–water partition coefficient (Wildman–Crippen LogP) is 8.35. The van der Waals surface area contributed by atoms with Gasteiger partial charge in [0.2, 0.25) is 5.88 Å². The lowest BCUT2D eigenvalue weighted by Crippen LogP contribution is -2.02. The predicted molar refractivity (Wildman–Crippen MR) is 151 cm³/mol. The molecule has 0 spiro atoms. The molecule has 4 nitrogen and oxygen atoms in total. The van der Waals surface area contributed by atoms with Gasteiger partial charge in [-0.3, -0.25) is 4.99 Å². The molecule has 1 aromatic rings. The van der Waals surface area contributed by atoms with E-state index in [0.29, 0.717) is 23.6 Å². The first-order valence-corrected chi connectivity index (χ1v) is 12.4. The third kappa shape index (κ3) is 8.24. The van der Waals surface area contributed by atoms with Crippen molar-refractivity contribution in [1.29, 1.82) is 5.26 Å². The zero-order valence-corrected chi connectivity index (χ0v) is 21.4. The highest BCUT2D eigenvalue weighted by atomic mass is 16.5. The Kier molecular flexibility index (Phi) is 10.5. The van der Waals surface area contributed by atoms with Crippen molar-refractivity contribution >= 4 is 17.6 Å². The van der Waals surface area contributed by atoms with Crippen molar-refractivity contribution in [2.75, 3.05) is 0 Å². The lowest BCUT2D eigenvalue weighted by atomic mass is 10.1. The molecule has 0 saturated carbocycles. The summed E-state index contributed by atoms with van der Waals surface area (Å²) in [5.74, 6) is 1.02. The number of benzene rings is 1. The Hall–Kier alpha value is -4.19. The van der Waals surface area contributed by atoms with E-state index in [1.165, 1.54) is 0 Å². The van der Waals surface area contributed by atoms with Crippen LogP contribution < -0.4 is 4.74 Å². The minimum Gasteiger partial charge on any atom is -0.438 e. The number of hydrogen-bond donors (Lipinski definition) is 0. The van der Waals surface area contributed by atoms with Crippen LogP contribution in [0.3, 0.4) is 0 Å². The molecule has 0 atom stereocenters. The van der Waals surface area contributed by atoms with Crippen LogP contribution in [0.25, 0.3) is 5.70 Å². The number of hydrogen-bond acceptors (Lipinski definition) is 4. The second-order valence-electron chi connectivity index (χ2n) is 8.46. The van der Waals surface area contributed by atoms with E-state index in [0.717, 1.165) is 53.8 Å². The number of aliphatic imine (C=N–C) groups is 2. The summed E-state index contributed by atoms with van der Waals surface area (Å²) in [6.45, 7) is 6.11. The molecule has 3 rings (SSSR count). The van der Waals surface area contributed by atoms with Crippen LogP contribution >= 0.6 is 0 Å². The molecule has 0 bridgehead atoms. The van der Waals surface area contributed by atoms with Gasteiger partial charge in [0.1, 0.15) is 5.75 Å². The van der Waals surface area contributed by atoms with Gasteiger partial charge in [0, 0.05) is 35.6 Å². The van der Waals surface area contributed by atoms with Crippen molar-refractivity contribution in [2.45, 2.75) is 52.9 Å². The van der Waals surface area contributed by atoms with Gasteiger partial charge in [-0.2, -0.15) is 5.26 Å². The Balaban J connectivity index is 1.97. The molecule has 0 radical (unpaired) electrons. The highest BCUT2D eigenvalue weighted by Crippen LogP contribution is 2.31. The highest BCUT2D eigenvalue weighted by molar-refractivity contribution is 5.87. The summed E-state index contributed by atoms with van der Waals surface area (Å²) in [6, 6.07) is 7.63. The first kappa shape index (κ1) is 26.4. The van der Waals surface area contributed by atoms with Gasteiger partial charge >= 0.3 is 0 Å². The average Bonchev–Trinajstić information content (AvgIpc) is 2.84. The molecule has 4 heteroatoms. The third-order valence-electron chi connectivity index (χ3n) is 5.51. The topological polar surface area (TPSA) is 57.7 Å². The monoisotopic (exact) mass is 475 g/mol. The first-order chi connectivity index (χ1) is 17.6. The van der Waals surface area contributed by atoms with Gasteiger partial charge < -0.3 is 4.74 Å². The number of allylic oxidation sites excluding steroid dienone is 11. The summed E-state index contributed by atoms with van der Waals surface area (Å²) >= 11 is 0. The van der Waals surface area contributed by atoms with Gasteiger partial charge in [-0.1, -0.05) is 49.5 Å². The average molecular weight is 476 g/mol. The van der Waals surface area contributed by atoms with Gasteiger partial charge in [0.05, 0.1) is 17.3 Å². The van der Waals surface area contributed by atoms with Gasteiger partial charge in [0.25, 0.3) is 0 Å². The Labute approximate surface area is 215 Å². The van der Waals surface area contributed by atoms with Crippen LogP contribution in [-0.4, -0.2) is 11.9 Å². The maximum Gasteiger partial charge on any atom is 0.220 e. The summed E-state index contributed by atoms with van der Waals surface area (Å²) in [4.78, 5) is 9.49. The zero-order chi connectivity index (χ0) is 25.6. The maximum atomic E-state index is 9.53. The molecule has 0 unspecified atom stereocenters. The minimum absolute atomic E-state index is 0.474. The van der Waals surface area contributed by atoms with E-state index in [1.54, 1.807) is 12.1 Å². The molecular formula is C32H33N3O. The Morgan fingerprint density at radius 1 is 1.17 bits per heavy atom. The van der Waals surface area contributed by atoms with Gasteiger partial charge in [-0.25, -0.2) is 4.99 Å². The van der Waals surface area contributed by atoms with Crippen LogP contribution in [0, 0.1) is 11.3 Å². The summed E-state index contributed by atoms with van der Waals surface area (Å²) in [7, 11) is 0. The second kappa shape index (κ2) is 14.3. The van der Waals surface area contributed by atoms with E-state index < -0.39 is 0 Å². The lowest BCUT2D eigenvalue weighted by Gasteiger charge is -2.14. The minimum atomic E-state index is 0.474. The molecule has 2 aliphatic heterocycles. The molecule has 1 aromatic carbocycles. The van der Waals surface area contributed by atoms with Crippen molar-refractivity contribution in [2.24, 2.45) is 9.98 Å². The van der Waals surface area contributed by atoms with Crippen molar-refractivity contribution in [3.05, 3.63) is 113 Å². The molecule has 0 saturated heterocycles. The third-order valence-corrected chi connectivity index (χ3v) is 5.51. The fourth-order valence-corrected chi connectivity index (χ4v) is 3.62. The van der Waals surface area contributed by atoms with Crippen molar-refractivity contribution in [1.82, 2.24) is 0 Å². The number of ether oxygens (including phenoxy) is 1. The van der Waals surface area contributed by atoms with Crippen molar-refractivity contribution in [3.8, 4) is 11.8 Å². The standard InChI is InChI=1S/C32H33N3O/c1-4-6-8-14-26-17-12-13-25(3)35-32(22-26)36-31-21-28(23-33)19-20-29(31)30-18-11-10-16-27(24-34-30)15-9-7-5-2/h5-8,10-12,16,18-22,24H,4,9,13-15H2,1-3H3/b7-5+,8-6+,11-10+,16-10?,18-11?,27-16?,27-24?,30-18+,32-22?,34-24?,34-30?,35-25?. The molecule has 0 amide bonds. The number of nitriles is 1. The molecule has 2 aliphatic rings. The van der Waals surface area contributed by atoms with E-state index in [-0.39, 0.29) is 0 Å². The number of rotatable bonds is 9. The van der Waals surface area contributed by atoms with Crippen LogP contribution in [0.2, 0.25) is 0 Å². The smallest absolute Gasteiger partial charge is 0.220 e. The van der Waals surface area contributed by atoms with Crippen LogP contribution in [-0.2, 0) is 0 Å². The summed E-state index contributed by atoms with van der Waals surface area (Å²) < 4.78 is 6.36. The van der Waals surface area contributed by atoms with E-state index in [9.17, 15) is 5.26 Å². The summed E-state index contributed by atoms with van der Waals surface area (Å²) in [5, 5.41) is 9.53. The molecule has 0 N–H and O–H groups in total. The van der Waals surface area contributed by atoms with Gasteiger partial charge in [-0.15, -0.1) is 5.73 Å². The fraction of sp³-hybridized carbons (Fsp3) is 0.250. The van der Waals surface area contributed by atoms with Crippen LogP contribution in [0.1, 0.15) is 64.0 Å².